The maximum absolute atomic E-state index is 11.9. The number of cyclic esters (lactones) is 2. The number of carbonyl (C=O) groups excluding carboxylic acids is 2. The van der Waals surface area contributed by atoms with Gasteiger partial charge in [-0.25, -0.2) is 0 Å². The van der Waals surface area contributed by atoms with Crippen LogP contribution in [0.5, 0.6) is 0 Å². The predicted molar refractivity (Wildman–Crippen MR) is 89.8 cm³/mol. The number of ether oxygens (including phenoxy) is 2. The highest BCUT2D eigenvalue weighted by Crippen LogP contribution is 2.25. The van der Waals surface area contributed by atoms with Crippen LogP contribution in [0.4, 0.5) is 5.69 Å². The van der Waals surface area contributed by atoms with Gasteiger partial charge in [-0.2, -0.15) is 0 Å². The lowest BCUT2D eigenvalue weighted by atomic mass is 10.1. The minimum atomic E-state index is -1.23. The summed E-state index contributed by atoms with van der Waals surface area (Å²) in [5, 5.41) is 0. The van der Waals surface area contributed by atoms with Crippen molar-refractivity contribution in [2.75, 3.05) is 0 Å². The zero-order valence-corrected chi connectivity index (χ0v) is 13.4. The normalized spacial score (nSPS) is 17.6. The Labute approximate surface area is 139 Å². The largest absolute Gasteiger partial charge is 0.422 e. The van der Waals surface area contributed by atoms with Gasteiger partial charge in [0.15, 0.2) is 5.92 Å². The van der Waals surface area contributed by atoms with Crippen LogP contribution < -0.4 is 0 Å². The summed E-state index contributed by atoms with van der Waals surface area (Å²) in [7, 11) is 0. The standard InChI is InChI=1S/C19H17NO4/c1-19(2)23-17(21)16(18(22)24-19)12-20-15-10-6-9-14(11-15)13-7-4-3-5-8-13/h3-12,16H,1-2H3. The van der Waals surface area contributed by atoms with E-state index >= 15 is 0 Å². The van der Waals surface area contributed by atoms with Gasteiger partial charge in [0.05, 0.1) is 5.69 Å². The molecule has 2 aromatic carbocycles. The number of esters is 2. The van der Waals surface area contributed by atoms with Gasteiger partial charge in [0.25, 0.3) is 5.79 Å². The van der Waals surface area contributed by atoms with E-state index in [1.807, 2.05) is 48.5 Å². The summed E-state index contributed by atoms with van der Waals surface area (Å²) in [6.07, 6.45) is 1.27. The topological polar surface area (TPSA) is 65.0 Å². The van der Waals surface area contributed by atoms with E-state index in [2.05, 4.69) is 4.99 Å². The van der Waals surface area contributed by atoms with Crippen molar-refractivity contribution in [1.82, 2.24) is 0 Å². The number of benzene rings is 2. The van der Waals surface area contributed by atoms with E-state index in [9.17, 15) is 9.59 Å². The number of nitrogens with zero attached hydrogens (tertiary/aromatic N) is 1. The fraction of sp³-hybridized carbons (Fsp3) is 0.211. The van der Waals surface area contributed by atoms with Crippen LogP contribution in [0, 0.1) is 5.92 Å². The molecule has 0 amide bonds. The molecule has 0 atom stereocenters. The van der Waals surface area contributed by atoms with Crippen LogP contribution in [-0.2, 0) is 19.1 Å². The Morgan fingerprint density at radius 2 is 1.54 bits per heavy atom. The van der Waals surface area contributed by atoms with Crippen molar-refractivity contribution in [3.63, 3.8) is 0 Å². The van der Waals surface area contributed by atoms with Gasteiger partial charge in [-0.15, -0.1) is 0 Å². The molecule has 0 radical (unpaired) electrons. The predicted octanol–water partition coefficient (Wildman–Crippen LogP) is 3.51. The van der Waals surface area contributed by atoms with Gasteiger partial charge in [-0.3, -0.25) is 14.6 Å². The molecule has 1 aliphatic rings. The first-order valence-electron chi connectivity index (χ1n) is 7.60. The van der Waals surface area contributed by atoms with Crippen LogP contribution in [0.3, 0.4) is 0 Å². The molecule has 24 heavy (non-hydrogen) atoms. The molecule has 0 aromatic heterocycles. The van der Waals surface area contributed by atoms with Gasteiger partial charge in [0.1, 0.15) is 0 Å². The average Bonchev–Trinajstić information content (AvgIpc) is 2.54. The summed E-state index contributed by atoms with van der Waals surface area (Å²) in [5.41, 5.74) is 2.70. The molecular weight excluding hydrogens is 306 g/mol. The molecule has 0 bridgehead atoms. The number of aliphatic imine (C=N–C) groups is 1. The highest BCUT2D eigenvalue weighted by atomic mass is 16.7. The van der Waals surface area contributed by atoms with Crippen molar-refractivity contribution < 1.29 is 19.1 Å². The van der Waals surface area contributed by atoms with E-state index in [1.54, 1.807) is 6.07 Å². The molecule has 5 nitrogen and oxygen atoms in total. The van der Waals surface area contributed by atoms with Crippen molar-refractivity contribution in [3.8, 4) is 11.1 Å². The Morgan fingerprint density at radius 3 is 2.21 bits per heavy atom. The summed E-state index contributed by atoms with van der Waals surface area (Å²) < 4.78 is 10.1. The third kappa shape index (κ3) is 3.51. The third-order valence-corrected chi connectivity index (χ3v) is 3.53. The molecule has 0 N–H and O–H groups in total. The summed E-state index contributed by atoms with van der Waals surface area (Å²) >= 11 is 0. The molecule has 1 heterocycles. The van der Waals surface area contributed by atoms with Crippen molar-refractivity contribution in [1.29, 1.82) is 0 Å². The van der Waals surface area contributed by atoms with Crippen molar-refractivity contribution >= 4 is 23.8 Å². The fourth-order valence-corrected chi connectivity index (χ4v) is 2.41. The fourth-order valence-electron chi connectivity index (χ4n) is 2.41. The van der Waals surface area contributed by atoms with Crippen LogP contribution >= 0.6 is 0 Å². The Kier molecular flexibility index (Phi) is 4.16. The molecule has 5 heteroatoms. The van der Waals surface area contributed by atoms with Crippen LogP contribution in [0.25, 0.3) is 11.1 Å². The number of rotatable bonds is 3. The molecule has 3 rings (SSSR count). The summed E-state index contributed by atoms with van der Waals surface area (Å²) in [4.78, 5) is 28.1. The lowest BCUT2D eigenvalue weighted by Crippen LogP contribution is -2.46. The Bertz CT molecular complexity index is 776. The van der Waals surface area contributed by atoms with E-state index in [1.165, 1.54) is 20.1 Å². The minimum absolute atomic E-state index is 0.641. The Hall–Kier alpha value is -2.95. The first-order chi connectivity index (χ1) is 11.4. The van der Waals surface area contributed by atoms with E-state index in [-0.39, 0.29) is 0 Å². The summed E-state index contributed by atoms with van der Waals surface area (Å²) in [5.74, 6) is -3.68. The molecule has 1 aliphatic heterocycles. The maximum atomic E-state index is 11.9. The van der Waals surface area contributed by atoms with Gasteiger partial charge < -0.3 is 9.47 Å². The first-order valence-corrected chi connectivity index (χ1v) is 7.60. The second-order valence-electron chi connectivity index (χ2n) is 5.91. The SMILES string of the molecule is CC1(C)OC(=O)C(C=Nc2cccc(-c3ccccc3)c2)C(=O)O1. The van der Waals surface area contributed by atoms with E-state index < -0.39 is 23.6 Å². The van der Waals surface area contributed by atoms with Gasteiger partial charge in [-0.05, 0) is 23.3 Å². The molecular formula is C19H17NO4. The zero-order chi connectivity index (χ0) is 17.2. The van der Waals surface area contributed by atoms with Crippen LogP contribution in [0.15, 0.2) is 59.6 Å². The second kappa shape index (κ2) is 6.28. The molecule has 1 saturated heterocycles. The maximum Gasteiger partial charge on any atom is 0.329 e. The van der Waals surface area contributed by atoms with Crippen molar-refractivity contribution in [2.24, 2.45) is 10.9 Å². The lowest BCUT2D eigenvalue weighted by molar-refractivity contribution is -0.235. The van der Waals surface area contributed by atoms with Crippen LogP contribution in [-0.4, -0.2) is 23.9 Å². The third-order valence-electron chi connectivity index (χ3n) is 3.53. The zero-order valence-electron chi connectivity index (χ0n) is 13.4. The smallest absolute Gasteiger partial charge is 0.329 e. The summed E-state index contributed by atoms with van der Waals surface area (Å²) in [6.45, 7) is 3.03. The number of hydrogen-bond donors (Lipinski definition) is 0. The van der Waals surface area contributed by atoms with Gasteiger partial charge in [0.2, 0.25) is 0 Å². The van der Waals surface area contributed by atoms with E-state index in [4.69, 9.17) is 9.47 Å². The molecule has 0 saturated carbocycles. The number of carbonyl (C=O) groups is 2. The second-order valence-corrected chi connectivity index (χ2v) is 5.91. The van der Waals surface area contributed by atoms with E-state index in [0.717, 1.165) is 11.1 Å². The van der Waals surface area contributed by atoms with Crippen molar-refractivity contribution in [3.05, 3.63) is 54.6 Å². The molecule has 2 aromatic rings. The molecule has 1 fully saturated rings. The highest BCUT2D eigenvalue weighted by Gasteiger charge is 2.42. The van der Waals surface area contributed by atoms with Gasteiger partial charge in [0, 0.05) is 20.1 Å². The Morgan fingerprint density at radius 1 is 0.917 bits per heavy atom. The van der Waals surface area contributed by atoms with Gasteiger partial charge >= 0.3 is 11.9 Å². The Balaban J connectivity index is 1.80. The van der Waals surface area contributed by atoms with E-state index in [0.29, 0.717) is 5.69 Å². The first kappa shape index (κ1) is 15.9. The minimum Gasteiger partial charge on any atom is -0.422 e. The molecule has 122 valence electrons. The number of hydrogen-bond acceptors (Lipinski definition) is 5. The average molecular weight is 323 g/mol. The molecule has 0 aliphatic carbocycles. The lowest BCUT2D eigenvalue weighted by Gasteiger charge is -2.31. The van der Waals surface area contributed by atoms with Crippen LogP contribution in [0.2, 0.25) is 0 Å². The monoisotopic (exact) mass is 323 g/mol. The molecule has 0 unspecified atom stereocenters. The summed E-state index contributed by atoms with van der Waals surface area (Å²) in [6, 6.07) is 17.4. The van der Waals surface area contributed by atoms with Gasteiger partial charge in [-0.1, -0.05) is 42.5 Å². The van der Waals surface area contributed by atoms with Crippen molar-refractivity contribution in [2.45, 2.75) is 19.6 Å². The van der Waals surface area contributed by atoms with Crippen LogP contribution in [0.1, 0.15) is 13.8 Å². The quantitative estimate of drug-likeness (QED) is 0.492. The highest BCUT2D eigenvalue weighted by molar-refractivity contribution is 6.10. The molecule has 0 spiro atoms.